The number of hydrogen-bond acceptors (Lipinski definition) is 5. The zero-order valence-corrected chi connectivity index (χ0v) is 12.2. The monoisotopic (exact) mass is 315 g/mol. The molecule has 0 aliphatic carbocycles. The smallest absolute Gasteiger partial charge is 0.277 e. The van der Waals surface area contributed by atoms with Crippen LogP contribution in [-0.4, -0.2) is 27.7 Å². The summed E-state index contributed by atoms with van der Waals surface area (Å²) in [5, 5.41) is 21.7. The third-order valence-electron chi connectivity index (χ3n) is 3.18. The predicted molar refractivity (Wildman–Crippen MR) is 82.0 cm³/mol. The van der Waals surface area contributed by atoms with E-state index in [1.165, 1.54) is 11.9 Å². The van der Waals surface area contributed by atoms with Crippen LogP contribution in [0, 0.1) is 20.2 Å². The molecule has 0 aromatic heterocycles. The van der Waals surface area contributed by atoms with Crippen LogP contribution >= 0.6 is 0 Å². The molecule has 0 fully saturated rings. The minimum atomic E-state index is -0.763. The number of rotatable bonds is 5. The molecule has 0 N–H and O–H groups in total. The molecule has 8 nitrogen and oxygen atoms in total. The number of non-ortho nitro benzene ring substituents is 2. The number of carbonyl (C=O) groups is 1. The van der Waals surface area contributed by atoms with Crippen molar-refractivity contribution in [3.05, 3.63) is 79.9 Å². The molecule has 0 saturated carbocycles. The molecule has 0 atom stereocenters. The molecule has 0 aliphatic rings. The Labute approximate surface area is 131 Å². The van der Waals surface area contributed by atoms with Crippen LogP contribution in [-0.2, 0) is 6.54 Å². The number of amides is 1. The second-order valence-electron chi connectivity index (χ2n) is 4.90. The SMILES string of the molecule is CN(Cc1ccccc1)C(=O)c1cc([N+](=O)[O-])cc([N+](=O)[O-])c1. The van der Waals surface area contributed by atoms with Gasteiger partial charge in [-0.2, -0.15) is 0 Å². The molecule has 8 heteroatoms. The molecule has 0 aliphatic heterocycles. The van der Waals surface area contributed by atoms with Gasteiger partial charge in [0.1, 0.15) is 0 Å². The summed E-state index contributed by atoms with van der Waals surface area (Å²) in [5.74, 6) is -0.527. The van der Waals surface area contributed by atoms with Crippen LogP contribution in [0.5, 0.6) is 0 Å². The second-order valence-corrected chi connectivity index (χ2v) is 4.90. The average Bonchev–Trinajstić information content (AvgIpc) is 2.54. The lowest BCUT2D eigenvalue weighted by molar-refractivity contribution is -0.394. The minimum Gasteiger partial charge on any atom is -0.337 e. The topological polar surface area (TPSA) is 107 Å². The third kappa shape index (κ3) is 3.88. The van der Waals surface area contributed by atoms with E-state index >= 15 is 0 Å². The van der Waals surface area contributed by atoms with E-state index in [1.54, 1.807) is 0 Å². The highest BCUT2D eigenvalue weighted by molar-refractivity contribution is 5.95. The summed E-state index contributed by atoms with van der Waals surface area (Å²) in [5.41, 5.74) is -0.195. The number of hydrogen-bond donors (Lipinski definition) is 0. The average molecular weight is 315 g/mol. The zero-order valence-electron chi connectivity index (χ0n) is 12.2. The van der Waals surface area contributed by atoms with Crippen LogP contribution in [0.3, 0.4) is 0 Å². The van der Waals surface area contributed by atoms with E-state index in [0.29, 0.717) is 0 Å². The molecule has 0 radical (unpaired) electrons. The Balaban J connectivity index is 2.30. The summed E-state index contributed by atoms with van der Waals surface area (Å²) in [4.78, 5) is 33.9. The van der Waals surface area contributed by atoms with Crippen molar-refractivity contribution in [2.45, 2.75) is 6.54 Å². The first-order chi connectivity index (χ1) is 10.9. The Morgan fingerprint density at radius 3 is 2.00 bits per heavy atom. The van der Waals surface area contributed by atoms with Crippen molar-refractivity contribution in [2.75, 3.05) is 7.05 Å². The molecule has 2 aromatic carbocycles. The van der Waals surface area contributed by atoms with E-state index in [1.807, 2.05) is 30.3 Å². The van der Waals surface area contributed by atoms with Gasteiger partial charge in [0, 0.05) is 25.7 Å². The first kappa shape index (κ1) is 16.1. The van der Waals surface area contributed by atoms with Crippen molar-refractivity contribution >= 4 is 17.3 Å². The second kappa shape index (κ2) is 6.65. The molecule has 0 spiro atoms. The van der Waals surface area contributed by atoms with Crippen LogP contribution in [0.4, 0.5) is 11.4 Å². The molecule has 2 rings (SSSR count). The fourth-order valence-corrected chi connectivity index (χ4v) is 2.08. The Hall–Kier alpha value is -3.29. The zero-order chi connectivity index (χ0) is 17.0. The number of nitrogens with zero attached hydrogens (tertiary/aromatic N) is 3. The molecule has 0 saturated heterocycles. The molecule has 2 aromatic rings. The summed E-state index contributed by atoms with van der Waals surface area (Å²) < 4.78 is 0. The highest BCUT2D eigenvalue weighted by Gasteiger charge is 2.21. The van der Waals surface area contributed by atoms with E-state index in [9.17, 15) is 25.0 Å². The fourth-order valence-electron chi connectivity index (χ4n) is 2.08. The Kier molecular flexibility index (Phi) is 4.65. The first-order valence-corrected chi connectivity index (χ1v) is 6.61. The van der Waals surface area contributed by atoms with Crippen molar-refractivity contribution in [1.29, 1.82) is 0 Å². The largest absolute Gasteiger partial charge is 0.337 e. The Bertz CT molecular complexity index is 729. The lowest BCUT2D eigenvalue weighted by Gasteiger charge is -2.17. The first-order valence-electron chi connectivity index (χ1n) is 6.61. The maximum Gasteiger partial charge on any atom is 0.277 e. The van der Waals surface area contributed by atoms with Gasteiger partial charge in [0.25, 0.3) is 17.3 Å². The van der Waals surface area contributed by atoms with Gasteiger partial charge < -0.3 is 4.90 Å². The normalized spacial score (nSPS) is 10.1. The van der Waals surface area contributed by atoms with Gasteiger partial charge in [-0.3, -0.25) is 25.0 Å². The van der Waals surface area contributed by atoms with Gasteiger partial charge in [0.05, 0.1) is 21.5 Å². The summed E-state index contributed by atoms with van der Waals surface area (Å²) in [6.45, 7) is 0.288. The number of nitro benzene ring substituents is 2. The van der Waals surface area contributed by atoms with Crippen molar-refractivity contribution in [1.82, 2.24) is 4.90 Å². The summed E-state index contributed by atoms with van der Waals surface area (Å²) >= 11 is 0. The van der Waals surface area contributed by atoms with Crippen LogP contribution in [0.15, 0.2) is 48.5 Å². The summed E-state index contributed by atoms with van der Waals surface area (Å²) in [6.07, 6.45) is 0. The predicted octanol–water partition coefficient (Wildman–Crippen LogP) is 2.78. The van der Waals surface area contributed by atoms with E-state index < -0.39 is 27.1 Å². The van der Waals surface area contributed by atoms with Gasteiger partial charge in [-0.05, 0) is 5.56 Å². The number of nitro groups is 2. The lowest BCUT2D eigenvalue weighted by atomic mass is 10.1. The standard InChI is InChI=1S/C15H13N3O5/c1-16(10-11-5-3-2-4-6-11)15(19)12-7-13(17(20)21)9-14(8-12)18(22)23/h2-9H,10H2,1H3. The number of carbonyl (C=O) groups excluding carboxylic acids is 1. The maximum absolute atomic E-state index is 12.4. The van der Waals surface area contributed by atoms with Gasteiger partial charge in [0.15, 0.2) is 0 Å². The van der Waals surface area contributed by atoms with E-state index in [0.717, 1.165) is 23.8 Å². The van der Waals surface area contributed by atoms with Gasteiger partial charge >= 0.3 is 0 Å². The van der Waals surface area contributed by atoms with Gasteiger partial charge in [0.2, 0.25) is 0 Å². The van der Waals surface area contributed by atoms with Crippen molar-refractivity contribution in [3.63, 3.8) is 0 Å². The van der Waals surface area contributed by atoms with E-state index in [-0.39, 0.29) is 12.1 Å². The fraction of sp³-hybridized carbons (Fsp3) is 0.133. The molecular weight excluding hydrogens is 302 g/mol. The lowest BCUT2D eigenvalue weighted by Crippen LogP contribution is -2.26. The number of benzene rings is 2. The molecule has 1 amide bonds. The molecule has 23 heavy (non-hydrogen) atoms. The maximum atomic E-state index is 12.4. The van der Waals surface area contributed by atoms with Crippen LogP contribution in [0.25, 0.3) is 0 Å². The van der Waals surface area contributed by atoms with Crippen LogP contribution in [0.1, 0.15) is 15.9 Å². The third-order valence-corrected chi connectivity index (χ3v) is 3.18. The van der Waals surface area contributed by atoms with Crippen LogP contribution in [0.2, 0.25) is 0 Å². The van der Waals surface area contributed by atoms with E-state index in [4.69, 9.17) is 0 Å². The Morgan fingerprint density at radius 2 is 1.52 bits per heavy atom. The van der Waals surface area contributed by atoms with Gasteiger partial charge in [-0.25, -0.2) is 0 Å². The van der Waals surface area contributed by atoms with Crippen molar-refractivity contribution in [2.24, 2.45) is 0 Å². The summed E-state index contributed by atoms with van der Waals surface area (Å²) in [6, 6.07) is 12.1. The van der Waals surface area contributed by atoms with E-state index in [2.05, 4.69) is 0 Å². The molecule has 118 valence electrons. The quantitative estimate of drug-likeness (QED) is 0.623. The summed E-state index contributed by atoms with van der Waals surface area (Å²) in [7, 11) is 1.53. The van der Waals surface area contributed by atoms with Gasteiger partial charge in [-0.15, -0.1) is 0 Å². The molecular formula is C15H13N3O5. The molecule has 0 heterocycles. The van der Waals surface area contributed by atoms with Crippen LogP contribution < -0.4 is 0 Å². The molecule has 0 unspecified atom stereocenters. The highest BCUT2D eigenvalue weighted by Crippen LogP contribution is 2.23. The van der Waals surface area contributed by atoms with Gasteiger partial charge in [-0.1, -0.05) is 30.3 Å². The van der Waals surface area contributed by atoms with Crippen molar-refractivity contribution < 1.29 is 14.6 Å². The minimum absolute atomic E-state index is 0.0932. The highest BCUT2D eigenvalue weighted by atomic mass is 16.6. The Morgan fingerprint density at radius 1 is 1.00 bits per heavy atom. The van der Waals surface area contributed by atoms with Crippen molar-refractivity contribution in [3.8, 4) is 0 Å². The molecule has 0 bridgehead atoms.